The number of rotatable bonds is 9. The van der Waals surface area contributed by atoms with Crippen LogP contribution in [0.3, 0.4) is 0 Å². The average Bonchev–Trinajstić information content (AvgIpc) is 2.64. The topological polar surface area (TPSA) is 91.3 Å². The van der Waals surface area contributed by atoms with E-state index in [1.165, 1.54) is 0 Å². The fourth-order valence-corrected chi connectivity index (χ4v) is 3.12. The maximum Gasteiger partial charge on any atom is 0.317 e. The van der Waals surface area contributed by atoms with Crippen LogP contribution in [0.4, 0.5) is 4.79 Å². The first-order valence-corrected chi connectivity index (χ1v) is 9.66. The van der Waals surface area contributed by atoms with Crippen LogP contribution in [0.25, 0.3) is 0 Å². The number of hydrogen-bond donors (Lipinski definition) is 2. The predicted molar refractivity (Wildman–Crippen MR) is 106 cm³/mol. The van der Waals surface area contributed by atoms with Gasteiger partial charge in [-0.05, 0) is 43.7 Å². The van der Waals surface area contributed by atoms with E-state index in [0.717, 1.165) is 23.3 Å². The lowest BCUT2D eigenvalue weighted by Crippen LogP contribution is -2.52. The van der Waals surface area contributed by atoms with E-state index in [9.17, 15) is 9.59 Å². The van der Waals surface area contributed by atoms with E-state index in [1.54, 1.807) is 16.8 Å². The SMILES string of the molecule is CCCOc1ccc(CNC(=O)N2CCOC(CN(C)CC(=O)O)C2)c(C)c1. The molecule has 1 atom stereocenters. The molecule has 0 bridgehead atoms. The Kier molecular flexibility index (Phi) is 8.53. The maximum absolute atomic E-state index is 12.5. The van der Waals surface area contributed by atoms with Crippen molar-refractivity contribution in [2.24, 2.45) is 0 Å². The Morgan fingerprint density at radius 1 is 1.43 bits per heavy atom. The van der Waals surface area contributed by atoms with Gasteiger partial charge in [0.15, 0.2) is 0 Å². The van der Waals surface area contributed by atoms with Gasteiger partial charge in [0.25, 0.3) is 0 Å². The largest absolute Gasteiger partial charge is 0.494 e. The molecule has 1 fully saturated rings. The fraction of sp³-hybridized carbons (Fsp3) is 0.600. The van der Waals surface area contributed by atoms with Crippen molar-refractivity contribution in [1.82, 2.24) is 15.1 Å². The molecule has 8 heteroatoms. The zero-order valence-electron chi connectivity index (χ0n) is 16.9. The molecule has 156 valence electrons. The summed E-state index contributed by atoms with van der Waals surface area (Å²) in [6.07, 6.45) is 0.768. The van der Waals surface area contributed by atoms with Gasteiger partial charge < -0.3 is 24.8 Å². The predicted octanol–water partition coefficient (Wildman–Crippen LogP) is 1.71. The highest BCUT2D eigenvalue weighted by Gasteiger charge is 2.25. The third-order valence-electron chi connectivity index (χ3n) is 4.56. The number of nitrogens with one attached hydrogen (secondary N) is 1. The van der Waals surface area contributed by atoms with E-state index in [0.29, 0.717) is 39.4 Å². The molecule has 2 N–H and O–H groups in total. The number of carbonyl (C=O) groups excluding carboxylic acids is 1. The number of hydrogen-bond acceptors (Lipinski definition) is 5. The fourth-order valence-electron chi connectivity index (χ4n) is 3.12. The summed E-state index contributed by atoms with van der Waals surface area (Å²) in [6, 6.07) is 5.75. The van der Waals surface area contributed by atoms with Crippen LogP contribution >= 0.6 is 0 Å². The van der Waals surface area contributed by atoms with Gasteiger partial charge in [-0.1, -0.05) is 13.0 Å². The Hall–Kier alpha value is -2.32. The first-order valence-electron chi connectivity index (χ1n) is 9.66. The highest BCUT2D eigenvalue weighted by atomic mass is 16.5. The molecule has 1 unspecified atom stereocenters. The minimum absolute atomic E-state index is 0.0523. The molecule has 1 aliphatic rings. The summed E-state index contributed by atoms with van der Waals surface area (Å²) in [6.45, 7) is 7.03. The van der Waals surface area contributed by atoms with Crippen LogP contribution in [0.5, 0.6) is 5.75 Å². The molecule has 0 radical (unpaired) electrons. The molecular formula is C20H31N3O5. The van der Waals surface area contributed by atoms with Crippen LogP contribution in [0.1, 0.15) is 24.5 Å². The zero-order valence-corrected chi connectivity index (χ0v) is 16.9. The molecule has 8 nitrogen and oxygen atoms in total. The Labute approximate surface area is 166 Å². The molecule has 2 amide bonds. The van der Waals surface area contributed by atoms with E-state index in [4.69, 9.17) is 14.6 Å². The van der Waals surface area contributed by atoms with E-state index in [-0.39, 0.29) is 18.7 Å². The number of aryl methyl sites for hydroxylation is 1. The second-order valence-electron chi connectivity index (χ2n) is 7.12. The third-order valence-corrected chi connectivity index (χ3v) is 4.56. The van der Waals surface area contributed by atoms with Crippen LogP contribution in [-0.2, 0) is 16.1 Å². The van der Waals surface area contributed by atoms with Gasteiger partial charge in [-0.15, -0.1) is 0 Å². The molecule has 0 aliphatic carbocycles. The van der Waals surface area contributed by atoms with E-state index < -0.39 is 5.97 Å². The van der Waals surface area contributed by atoms with Crippen molar-refractivity contribution in [3.05, 3.63) is 29.3 Å². The van der Waals surface area contributed by atoms with E-state index >= 15 is 0 Å². The van der Waals surface area contributed by atoms with Crippen molar-refractivity contribution < 1.29 is 24.2 Å². The lowest BCUT2D eigenvalue weighted by atomic mass is 10.1. The molecule has 1 heterocycles. The highest BCUT2D eigenvalue weighted by Crippen LogP contribution is 2.17. The Morgan fingerprint density at radius 3 is 2.89 bits per heavy atom. The van der Waals surface area contributed by atoms with Crippen LogP contribution in [-0.4, -0.2) is 79.5 Å². The number of aliphatic carboxylic acids is 1. The van der Waals surface area contributed by atoms with Gasteiger partial charge in [0.05, 0.1) is 25.9 Å². The number of carbonyl (C=O) groups is 2. The molecular weight excluding hydrogens is 362 g/mol. The van der Waals surface area contributed by atoms with Crippen molar-refractivity contribution in [2.45, 2.75) is 32.9 Å². The van der Waals surface area contributed by atoms with Crippen LogP contribution < -0.4 is 10.1 Å². The standard InChI is InChI=1S/C20H31N3O5/c1-4-8-27-17-6-5-16(15(2)10-17)11-21-20(26)23-7-9-28-18(13-23)12-22(3)14-19(24)25/h5-6,10,18H,4,7-9,11-14H2,1-3H3,(H,21,26)(H,24,25). The average molecular weight is 393 g/mol. The molecule has 28 heavy (non-hydrogen) atoms. The zero-order chi connectivity index (χ0) is 20.5. The summed E-state index contributed by atoms with van der Waals surface area (Å²) < 4.78 is 11.3. The van der Waals surface area contributed by atoms with Gasteiger partial charge in [0.1, 0.15) is 5.75 Å². The molecule has 1 aromatic rings. The lowest BCUT2D eigenvalue weighted by molar-refractivity contribution is -0.138. The van der Waals surface area contributed by atoms with Crippen molar-refractivity contribution in [2.75, 3.05) is 46.4 Å². The molecule has 0 aromatic heterocycles. The minimum atomic E-state index is -0.880. The summed E-state index contributed by atoms with van der Waals surface area (Å²) >= 11 is 0. The number of likely N-dealkylation sites (N-methyl/N-ethyl adjacent to an activating group) is 1. The van der Waals surface area contributed by atoms with Crippen molar-refractivity contribution in [3.63, 3.8) is 0 Å². The number of ether oxygens (including phenoxy) is 2. The number of benzene rings is 1. The van der Waals surface area contributed by atoms with E-state index in [2.05, 4.69) is 12.2 Å². The van der Waals surface area contributed by atoms with Crippen molar-refractivity contribution in [3.8, 4) is 5.75 Å². The first-order chi connectivity index (χ1) is 13.4. The Morgan fingerprint density at radius 2 is 2.21 bits per heavy atom. The van der Waals surface area contributed by atoms with E-state index in [1.807, 2.05) is 25.1 Å². The third kappa shape index (κ3) is 7.01. The first kappa shape index (κ1) is 22.0. The Bertz CT molecular complexity index is 667. The second-order valence-corrected chi connectivity index (χ2v) is 7.12. The summed E-state index contributed by atoms with van der Waals surface area (Å²) in [4.78, 5) is 26.7. The molecule has 0 spiro atoms. The quantitative estimate of drug-likeness (QED) is 0.664. The second kappa shape index (κ2) is 10.9. The van der Waals surface area contributed by atoms with Gasteiger partial charge in [-0.2, -0.15) is 0 Å². The van der Waals surface area contributed by atoms with Gasteiger partial charge in [0, 0.05) is 26.2 Å². The van der Waals surface area contributed by atoms with Gasteiger partial charge in [0.2, 0.25) is 0 Å². The lowest BCUT2D eigenvalue weighted by Gasteiger charge is -2.34. The van der Waals surface area contributed by atoms with Crippen LogP contribution in [0.2, 0.25) is 0 Å². The summed E-state index contributed by atoms with van der Waals surface area (Å²) in [5.74, 6) is -0.0367. The molecule has 1 aliphatic heterocycles. The number of morpholine rings is 1. The van der Waals surface area contributed by atoms with Crippen molar-refractivity contribution in [1.29, 1.82) is 0 Å². The molecule has 1 aromatic carbocycles. The number of urea groups is 1. The number of carboxylic acid groups (broad SMARTS) is 1. The minimum Gasteiger partial charge on any atom is -0.494 e. The summed E-state index contributed by atoms with van der Waals surface area (Å²) in [7, 11) is 1.73. The van der Waals surface area contributed by atoms with Crippen molar-refractivity contribution >= 4 is 12.0 Å². The number of amides is 2. The van der Waals surface area contributed by atoms with Crippen LogP contribution in [0.15, 0.2) is 18.2 Å². The maximum atomic E-state index is 12.5. The van der Waals surface area contributed by atoms with Gasteiger partial charge in [-0.3, -0.25) is 9.69 Å². The highest BCUT2D eigenvalue weighted by molar-refractivity contribution is 5.74. The van der Waals surface area contributed by atoms with Gasteiger partial charge >= 0.3 is 12.0 Å². The number of carboxylic acids is 1. The molecule has 1 saturated heterocycles. The van der Waals surface area contributed by atoms with Crippen LogP contribution in [0, 0.1) is 6.92 Å². The molecule has 0 saturated carbocycles. The number of nitrogens with zero attached hydrogens (tertiary/aromatic N) is 2. The summed E-state index contributed by atoms with van der Waals surface area (Å²) in [5, 5.41) is 11.8. The molecule has 2 rings (SSSR count). The Balaban J connectivity index is 1.83. The smallest absolute Gasteiger partial charge is 0.317 e. The van der Waals surface area contributed by atoms with Gasteiger partial charge in [-0.25, -0.2) is 4.79 Å². The normalized spacial score (nSPS) is 16.9. The monoisotopic (exact) mass is 393 g/mol. The summed E-state index contributed by atoms with van der Waals surface area (Å²) in [5.41, 5.74) is 2.12.